The highest BCUT2D eigenvalue weighted by Gasteiger charge is 2.16. The van der Waals surface area contributed by atoms with Crippen LogP contribution in [0.1, 0.15) is 31.1 Å². The zero-order chi connectivity index (χ0) is 15.2. The minimum absolute atomic E-state index is 0. The molecule has 0 aliphatic rings. The van der Waals surface area contributed by atoms with Gasteiger partial charge in [-0.2, -0.15) is 0 Å². The first-order valence-electron chi connectivity index (χ1n) is 7.55. The molecule has 0 fully saturated rings. The lowest BCUT2D eigenvalue weighted by Gasteiger charge is -2.17. The van der Waals surface area contributed by atoms with Crippen molar-refractivity contribution in [2.45, 2.75) is 32.7 Å². The fraction of sp³-hybridized carbons (Fsp3) is 0.471. The first kappa shape index (κ1) is 18.5. The highest BCUT2D eigenvalue weighted by molar-refractivity contribution is 5.85. The maximum absolute atomic E-state index is 12.1. The van der Waals surface area contributed by atoms with Gasteiger partial charge in [-0.3, -0.25) is 4.79 Å². The van der Waals surface area contributed by atoms with E-state index in [4.69, 9.17) is 4.42 Å². The fourth-order valence-corrected chi connectivity index (χ4v) is 2.54. The molecular formula is C17H25ClN2O2. The fourth-order valence-electron chi connectivity index (χ4n) is 2.54. The molecule has 0 bridgehead atoms. The zero-order valence-electron chi connectivity index (χ0n) is 13.5. The first-order valence-corrected chi connectivity index (χ1v) is 7.55. The van der Waals surface area contributed by atoms with E-state index >= 15 is 0 Å². The standard InChI is InChI=1S/C17H24N2O2.ClH/c1-4-15-14(13-8-5-6-9-16(13)21-15)12-19(3)17(20)10-7-11-18-2;/h5-6,8-9,18H,4,7,10-12H2,1-3H3;1H. The third kappa shape index (κ3) is 4.24. The summed E-state index contributed by atoms with van der Waals surface area (Å²) in [5.74, 6) is 1.16. The number of aryl methyl sites for hydroxylation is 1. The van der Waals surface area contributed by atoms with Crippen molar-refractivity contribution in [2.24, 2.45) is 0 Å². The van der Waals surface area contributed by atoms with Crippen LogP contribution in [0, 0.1) is 0 Å². The summed E-state index contributed by atoms with van der Waals surface area (Å²) in [6, 6.07) is 8.02. The smallest absolute Gasteiger partial charge is 0.222 e. The van der Waals surface area contributed by atoms with E-state index in [0.717, 1.165) is 41.7 Å². The van der Waals surface area contributed by atoms with E-state index in [9.17, 15) is 4.79 Å². The Morgan fingerprint density at radius 1 is 1.32 bits per heavy atom. The molecule has 2 rings (SSSR count). The van der Waals surface area contributed by atoms with Gasteiger partial charge in [0, 0.05) is 37.4 Å². The molecule has 122 valence electrons. The number of hydrogen-bond acceptors (Lipinski definition) is 3. The second-order valence-corrected chi connectivity index (χ2v) is 5.31. The average Bonchev–Trinajstić information content (AvgIpc) is 2.85. The van der Waals surface area contributed by atoms with Gasteiger partial charge in [0.05, 0.1) is 0 Å². The summed E-state index contributed by atoms with van der Waals surface area (Å²) >= 11 is 0. The van der Waals surface area contributed by atoms with E-state index in [2.05, 4.69) is 18.3 Å². The summed E-state index contributed by atoms with van der Waals surface area (Å²) in [6.07, 6.45) is 2.28. The Labute approximate surface area is 138 Å². The molecule has 22 heavy (non-hydrogen) atoms. The Morgan fingerprint density at radius 3 is 2.73 bits per heavy atom. The van der Waals surface area contributed by atoms with Crippen LogP contribution in [0.4, 0.5) is 0 Å². The number of furan rings is 1. The van der Waals surface area contributed by atoms with Crippen LogP contribution in [0.25, 0.3) is 11.0 Å². The third-order valence-electron chi connectivity index (χ3n) is 3.74. The molecule has 0 radical (unpaired) electrons. The molecule has 0 unspecified atom stereocenters. The molecule has 0 aliphatic heterocycles. The predicted molar refractivity (Wildman–Crippen MR) is 92.5 cm³/mol. The van der Waals surface area contributed by atoms with Gasteiger partial charge in [-0.05, 0) is 26.1 Å². The lowest BCUT2D eigenvalue weighted by atomic mass is 10.1. The number of amides is 1. The Bertz CT molecular complexity index is 610. The van der Waals surface area contributed by atoms with E-state index in [-0.39, 0.29) is 18.3 Å². The highest BCUT2D eigenvalue weighted by atomic mass is 35.5. The van der Waals surface area contributed by atoms with Crippen LogP contribution < -0.4 is 5.32 Å². The van der Waals surface area contributed by atoms with Crippen molar-refractivity contribution < 1.29 is 9.21 Å². The quantitative estimate of drug-likeness (QED) is 0.794. The number of carbonyl (C=O) groups excluding carboxylic acids is 1. The minimum atomic E-state index is 0. The van der Waals surface area contributed by atoms with Gasteiger partial charge in [0.25, 0.3) is 0 Å². The number of hydrogen-bond donors (Lipinski definition) is 1. The molecule has 1 N–H and O–H groups in total. The van der Waals surface area contributed by atoms with E-state index in [1.165, 1.54) is 0 Å². The molecule has 1 heterocycles. The van der Waals surface area contributed by atoms with Crippen LogP contribution in [0.15, 0.2) is 28.7 Å². The third-order valence-corrected chi connectivity index (χ3v) is 3.74. The van der Waals surface area contributed by atoms with E-state index in [1.807, 2.05) is 32.3 Å². The van der Waals surface area contributed by atoms with Gasteiger partial charge in [-0.15, -0.1) is 12.4 Å². The number of para-hydroxylation sites is 1. The second-order valence-electron chi connectivity index (χ2n) is 5.31. The molecule has 1 aromatic carbocycles. The number of benzene rings is 1. The van der Waals surface area contributed by atoms with Gasteiger partial charge in [0.2, 0.25) is 5.91 Å². The largest absolute Gasteiger partial charge is 0.461 e. The normalized spacial score (nSPS) is 10.5. The van der Waals surface area contributed by atoms with Crippen molar-refractivity contribution in [3.63, 3.8) is 0 Å². The Morgan fingerprint density at radius 2 is 2.05 bits per heavy atom. The van der Waals surface area contributed by atoms with Crippen molar-refractivity contribution in [2.75, 3.05) is 20.6 Å². The molecule has 0 atom stereocenters. The Kier molecular flexibility index (Phi) is 7.42. The Balaban J connectivity index is 0.00000242. The zero-order valence-corrected chi connectivity index (χ0v) is 14.3. The summed E-state index contributed by atoms with van der Waals surface area (Å²) in [5.41, 5.74) is 2.04. The number of carbonyl (C=O) groups is 1. The topological polar surface area (TPSA) is 45.5 Å². The summed E-state index contributed by atoms with van der Waals surface area (Å²) in [6.45, 7) is 3.56. The second kappa shape index (κ2) is 8.81. The van der Waals surface area contributed by atoms with Crippen molar-refractivity contribution in [3.8, 4) is 0 Å². The summed E-state index contributed by atoms with van der Waals surface area (Å²) in [5, 5.41) is 4.18. The predicted octanol–water partition coefficient (Wildman–Crippen LogP) is 3.38. The average molecular weight is 325 g/mol. The van der Waals surface area contributed by atoms with Gasteiger partial charge in [-0.1, -0.05) is 25.1 Å². The molecule has 0 aliphatic carbocycles. The molecule has 2 aromatic rings. The summed E-state index contributed by atoms with van der Waals surface area (Å²) < 4.78 is 5.88. The van der Waals surface area contributed by atoms with Gasteiger partial charge >= 0.3 is 0 Å². The maximum atomic E-state index is 12.1. The summed E-state index contributed by atoms with van der Waals surface area (Å²) in [7, 11) is 3.77. The van der Waals surface area contributed by atoms with Gasteiger partial charge in [0.15, 0.2) is 0 Å². The van der Waals surface area contributed by atoms with Crippen molar-refractivity contribution in [1.29, 1.82) is 0 Å². The Hall–Kier alpha value is -1.52. The van der Waals surface area contributed by atoms with E-state index < -0.39 is 0 Å². The van der Waals surface area contributed by atoms with Crippen LogP contribution in [0.2, 0.25) is 0 Å². The van der Waals surface area contributed by atoms with Crippen molar-refractivity contribution >= 4 is 29.3 Å². The van der Waals surface area contributed by atoms with Crippen LogP contribution in [0.5, 0.6) is 0 Å². The number of halogens is 1. The number of fused-ring (bicyclic) bond motifs is 1. The van der Waals surface area contributed by atoms with Gasteiger partial charge < -0.3 is 14.6 Å². The molecule has 5 heteroatoms. The van der Waals surface area contributed by atoms with Crippen LogP contribution in [0.3, 0.4) is 0 Å². The van der Waals surface area contributed by atoms with Crippen molar-refractivity contribution in [1.82, 2.24) is 10.2 Å². The monoisotopic (exact) mass is 324 g/mol. The first-order chi connectivity index (χ1) is 10.2. The minimum Gasteiger partial charge on any atom is -0.461 e. The molecule has 0 spiro atoms. The SMILES string of the molecule is CCc1oc2ccccc2c1CN(C)C(=O)CCCNC.Cl. The lowest BCUT2D eigenvalue weighted by molar-refractivity contribution is -0.130. The molecule has 1 aromatic heterocycles. The molecule has 1 amide bonds. The van der Waals surface area contributed by atoms with Crippen LogP contribution in [-0.2, 0) is 17.8 Å². The lowest BCUT2D eigenvalue weighted by Crippen LogP contribution is -2.27. The molecule has 0 saturated carbocycles. The number of nitrogens with one attached hydrogen (secondary N) is 1. The highest BCUT2D eigenvalue weighted by Crippen LogP contribution is 2.27. The number of nitrogens with zero attached hydrogens (tertiary/aromatic N) is 1. The molecular weight excluding hydrogens is 300 g/mol. The van der Waals surface area contributed by atoms with Gasteiger partial charge in [-0.25, -0.2) is 0 Å². The van der Waals surface area contributed by atoms with Gasteiger partial charge in [0.1, 0.15) is 11.3 Å². The summed E-state index contributed by atoms with van der Waals surface area (Å²) in [4.78, 5) is 13.9. The van der Waals surface area contributed by atoms with E-state index in [0.29, 0.717) is 13.0 Å². The van der Waals surface area contributed by atoms with Crippen LogP contribution in [-0.4, -0.2) is 31.4 Å². The maximum Gasteiger partial charge on any atom is 0.222 e. The molecule has 0 saturated heterocycles. The van der Waals surface area contributed by atoms with Crippen LogP contribution >= 0.6 is 12.4 Å². The number of rotatable bonds is 7. The molecule has 4 nitrogen and oxygen atoms in total. The van der Waals surface area contributed by atoms with Crippen molar-refractivity contribution in [3.05, 3.63) is 35.6 Å². The van der Waals surface area contributed by atoms with E-state index in [1.54, 1.807) is 4.90 Å².